The van der Waals surface area contributed by atoms with Crippen LogP contribution >= 0.6 is 24.3 Å². The number of hydrogen-bond acceptors (Lipinski definition) is 7. The third-order valence-corrected chi connectivity index (χ3v) is 22.9. The van der Waals surface area contributed by atoms with Gasteiger partial charge < -0.3 is 13.6 Å². The highest BCUT2D eigenvalue weighted by molar-refractivity contribution is 7.85. The summed E-state index contributed by atoms with van der Waals surface area (Å²) < 4.78 is 60.3. The predicted octanol–water partition coefficient (Wildman–Crippen LogP) is 15.2. The summed E-state index contributed by atoms with van der Waals surface area (Å²) in [7, 11) is -7.38. The molecule has 3 aromatic rings. The lowest BCUT2D eigenvalue weighted by atomic mass is 9.68. The van der Waals surface area contributed by atoms with Crippen LogP contribution in [0.5, 0.6) is 11.5 Å². The van der Waals surface area contributed by atoms with Crippen molar-refractivity contribution in [3.05, 3.63) is 78.9 Å². The third kappa shape index (κ3) is 10.9. The Morgan fingerprint density at radius 3 is 1.05 bits per heavy atom. The minimum atomic E-state index is -3.70. The molecule has 0 radical (unpaired) electrons. The van der Waals surface area contributed by atoms with Gasteiger partial charge in [-0.1, -0.05) is 110 Å². The maximum absolute atomic E-state index is 16.9. The first-order valence-electron chi connectivity index (χ1n) is 26.3. The summed E-state index contributed by atoms with van der Waals surface area (Å²) >= 11 is 0. The van der Waals surface area contributed by atoms with Gasteiger partial charge in [-0.2, -0.15) is 0 Å². The molecule has 14 atom stereocenters. The van der Waals surface area contributed by atoms with E-state index in [0.717, 1.165) is 25.7 Å². The van der Waals surface area contributed by atoms with Crippen molar-refractivity contribution < 1.29 is 31.7 Å². The Morgan fingerprint density at radius 1 is 0.424 bits per heavy atom. The average molecular weight is 959 g/mol. The van der Waals surface area contributed by atoms with E-state index in [4.69, 9.17) is 27.1 Å². The molecule has 0 spiro atoms. The second-order valence-corrected chi connectivity index (χ2v) is 27.7. The number of rotatable bonds is 11. The van der Waals surface area contributed by atoms with Crippen LogP contribution in [0.3, 0.4) is 0 Å². The monoisotopic (exact) mass is 959 g/mol. The first-order valence-corrected chi connectivity index (χ1v) is 30.2. The molecule has 0 aromatic heterocycles. The quantitative estimate of drug-likeness (QED) is 0.177. The van der Waals surface area contributed by atoms with Crippen LogP contribution in [-0.4, -0.2) is 24.4 Å². The second kappa shape index (κ2) is 21.7. The lowest BCUT2D eigenvalue weighted by molar-refractivity contribution is -0.0276. The Bertz CT molecular complexity index is 1890. The SMILES string of the molecule is CC(C)C1CC[C@H]2C[C@@H]3CC[C@@H](C(C)C)[C@@H](C3)OP(Oc3ccccc3P(=O)(c3ccccc3)c3ccccc3OP3O[C@@H]4C[C@@H](CCC4C(C)C)C[C@@H]4CC[C@@H](C(C)C)[C@@H](C4)O3)O[C@@H]1C2. The molecule has 2 aliphatic heterocycles. The molecule has 6 aliphatic rings. The van der Waals surface area contributed by atoms with Gasteiger partial charge in [-0.25, -0.2) is 0 Å². The van der Waals surface area contributed by atoms with Crippen molar-refractivity contribution in [1.29, 1.82) is 0 Å². The van der Waals surface area contributed by atoms with Gasteiger partial charge in [-0.3, -0.25) is 18.1 Å². The summed E-state index contributed by atoms with van der Waals surface area (Å²) in [6.45, 7) is 18.7. The number of para-hydroxylation sites is 2. The van der Waals surface area contributed by atoms with E-state index in [2.05, 4.69) is 55.4 Å². The summed E-state index contributed by atoms with van der Waals surface area (Å²) in [6.07, 6.45) is 16.7. The largest absolute Gasteiger partial charge is 0.426 e. The normalized spacial score (nSPS) is 36.1. The van der Waals surface area contributed by atoms with Crippen molar-refractivity contribution in [1.82, 2.24) is 0 Å². The number of benzene rings is 3. The summed E-state index contributed by atoms with van der Waals surface area (Å²) in [4.78, 5) is 0. The van der Waals surface area contributed by atoms with Crippen LogP contribution in [0.25, 0.3) is 0 Å². The molecule has 3 aromatic carbocycles. The first kappa shape index (κ1) is 49.2. The molecule has 9 rings (SSSR count). The summed E-state index contributed by atoms with van der Waals surface area (Å²) in [5.41, 5.74) is 0. The predicted molar refractivity (Wildman–Crippen MR) is 272 cm³/mol. The Morgan fingerprint density at radius 2 is 0.727 bits per heavy atom. The Hall–Kier alpha value is -1.81. The minimum absolute atomic E-state index is 0.0532. The zero-order valence-electron chi connectivity index (χ0n) is 41.3. The van der Waals surface area contributed by atoms with E-state index in [0.29, 0.717) is 98.4 Å². The van der Waals surface area contributed by atoms with E-state index in [9.17, 15) is 0 Å². The van der Waals surface area contributed by atoms with Gasteiger partial charge in [-0.05, 0) is 185 Å². The minimum Gasteiger partial charge on any atom is -0.426 e. The molecule has 10 heteroatoms. The smallest absolute Gasteiger partial charge is 0.397 e. The van der Waals surface area contributed by atoms with Gasteiger partial charge in [0.2, 0.25) is 0 Å². The van der Waals surface area contributed by atoms with Crippen LogP contribution in [0.2, 0.25) is 0 Å². The summed E-state index contributed by atoms with van der Waals surface area (Å²) in [5.74, 6) is 7.47. The van der Waals surface area contributed by atoms with Crippen molar-refractivity contribution in [3.63, 3.8) is 0 Å². The maximum atomic E-state index is 16.9. The fraction of sp³-hybridized carbons (Fsp3) is 0.679. The zero-order valence-corrected chi connectivity index (χ0v) is 44.0. The Kier molecular flexibility index (Phi) is 16.2. The summed E-state index contributed by atoms with van der Waals surface area (Å²) in [6, 6.07) is 25.8. The van der Waals surface area contributed by atoms with Crippen LogP contribution in [0.1, 0.15) is 145 Å². The zero-order chi connectivity index (χ0) is 46.1. The standard InChI is InChI=1S/C56H81O7P3/c1-36(2)45-26-22-40-30-41-23-27-46(37(3)4)52(33-41)61-64(60-51(45)32-40)58-49-18-12-14-20-55(49)66(57,44-16-10-9-11-17-44)56-21-15-13-19-50(56)59-65-62-53-34-42(24-28-47(53)38(5)6)31-43-25-29-48(39(7)8)54(35-43)63-65/h9-21,36-43,45-48,51-54H,22-35H2,1-8H3/t40-,41-,42-,43-,45-,46?,47-,48?,51+,52+,53+,54+,64?,65?,66?/m0/s1. The van der Waals surface area contributed by atoms with Gasteiger partial charge in [-0.15, -0.1) is 0 Å². The van der Waals surface area contributed by atoms with Gasteiger partial charge in [0.05, 0.1) is 35.0 Å². The van der Waals surface area contributed by atoms with Crippen molar-refractivity contribution >= 4 is 40.3 Å². The molecule has 4 unspecified atom stereocenters. The van der Waals surface area contributed by atoms with Gasteiger partial charge in [0.25, 0.3) is 0 Å². The first-order chi connectivity index (χ1) is 31.8. The molecule has 8 bridgehead atoms. The van der Waals surface area contributed by atoms with Gasteiger partial charge in [0, 0.05) is 5.30 Å². The van der Waals surface area contributed by atoms with Crippen LogP contribution < -0.4 is 25.0 Å². The maximum Gasteiger partial charge on any atom is 0.397 e. The topological polar surface area (TPSA) is 72.5 Å². The highest BCUT2D eigenvalue weighted by Crippen LogP contribution is 2.58. The van der Waals surface area contributed by atoms with Crippen molar-refractivity contribution in [2.45, 2.75) is 170 Å². The number of fused-ring (bicyclic) bond motifs is 8. The molecule has 7 nitrogen and oxygen atoms in total. The molecule has 2 heterocycles. The third-order valence-electron chi connectivity index (χ3n) is 17.3. The van der Waals surface area contributed by atoms with E-state index in [-0.39, 0.29) is 24.4 Å². The molecule has 6 fully saturated rings. The average Bonchev–Trinajstić information content (AvgIpc) is 3.29. The van der Waals surface area contributed by atoms with Crippen LogP contribution in [0, 0.1) is 71.0 Å². The van der Waals surface area contributed by atoms with Crippen LogP contribution in [0.15, 0.2) is 78.9 Å². The molecule has 66 heavy (non-hydrogen) atoms. The van der Waals surface area contributed by atoms with Gasteiger partial charge >= 0.3 is 17.2 Å². The summed E-state index contributed by atoms with van der Waals surface area (Å²) in [5, 5.41) is 1.95. The van der Waals surface area contributed by atoms with E-state index in [1.807, 2.05) is 78.9 Å². The van der Waals surface area contributed by atoms with Crippen LogP contribution in [0.4, 0.5) is 0 Å². The highest BCUT2D eigenvalue weighted by Gasteiger charge is 2.46. The van der Waals surface area contributed by atoms with E-state index < -0.39 is 24.3 Å². The molecule has 4 aliphatic carbocycles. The molecular formula is C56H81O7P3. The molecule has 0 N–H and O–H groups in total. The fourth-order valence-corrected chi connectivity index (χ4v) is 19.4. The Balaban J connectivity index is 1.10. The molecule has 0 amide bonds. The molecule has 4 saturated carbocycles. The van der Waals surface area contributed by atoms with Crippen molar-refractivity contribution in [3.8, 4) is 11.5 Å². The number of hydrogen-bond donors (Lipinski definition) is 0. The fourth-order valence-electron chi connectivity index (χ4n) is 13.6. The molecule has 2 saturated heterocycles. The van der Waals surface area contributed by atoms with E-state index >= 15 is 4.57 Å². The second-order valence-electron chi connectivity index (χ2n) is 22.9. The molecule has 362 valence electrons. The van der Waals surface area contributed by atoms with E-state index in [1.54, 1.807) is 0 Å². The van der Waals surface area contributed by atoms with Gasteiger partial charge in [0.1, 0.15) is 11.5 Å². The van der Waals surface area contributed by atoms with Crippen molar-refractivity contribution in [2.75, 3.05) is 0 Å². The van der Waals surface area contributed by atoms with E-state index in [1.165, 1.54) is 64.2 Å². The lowest BCUT2D eigenvalue weighted by Gasteiger charge is -2.45. The van der Waals surface area contributed by atoms with Gasteiger partial charge in [0.15, 0.2) is 7.14 Å². The Labute approximate surface area is 401 Å². The van der Waals surface area contributed by atoms with Crippen LogP contribution in [-0.2, 0) is 22.7 Å². The molecular weight excluding hydrogens is 878 g/mol. The van der Waals surface area contributed by atoms with Crippen molar-refractivity contribution in [2.24, 2.45) is 71.0 Å². The highest BCUT2D eigenvalue weighted by atomic mass is 31.2. The lowest BCUT2D eigenvalue weighted by Crippen LogP contribution is -2.40.